The molecule has 8 unspecified atom stereocenters. The van der Waals surface area contributed by atoms with Gasteiger partial charge in [0, 0.05) is 116 Å². The molecule has 0 radical (unpaired) electrons. The van der Waals surface area contributed by atoms with Crippen LogP contribution in [0, 0.1) is 47.3 Å². The van der Waals surface area contributed by atoms with Crippen LogP contribution in [0.2, 0.25) is 0 Å². The quantitative estimate of drug-likeness (QED) is 0.0398. The standard InChI is InChI=1S/C15H20O.C14H18O2.C13H16O2.C13H18O2.C13H16O.C9H18O.C7H12O2.C6H10O2/c16-15-9-5-4-8-14(12-15)11-10-13-6-2-1-3-7-13;15-14-8-4-7-13(9-14)11-16-10-12-5-2-1-3-6-12;14-13-7-6-12(8-13)10-15-9-11-4-2-1-3-5-11;1-11(10-14)9-13(15)8-7-12-5-3-2-4-6-12;14-13-9-8-12(10-13)7-6-11-4-2-1-3-5-11;1-4-6-9(5-2)7-8(3)10;8-4-3-6-1-2-7(9)5-6;7-4-5-1-2-6(8)3-5/h1-3,6-7,14H,4-5,8-12H2;1-3,5-6,13H,4,7-11H2;1-5,12H,6-10H2;2-6,11,14H,7-10H2,1H3;1-5,12H,6-10H2;9H,4-7H2,1-3H3;6,8H,1-5H2;5,7H,1-4H2. The smallest absolute Gasteiger partial charge is 0.133 e. The van der Waals surface area contributed by atoms with E-state index in [0.29, 0.717) is 121 Å². The van der Waals surface area contributed by atoms with Crippen LogP contribution in [-0.4, -0.2) is 94.6 Å². The van der Waals surface area contributed by atoms with Gasteiger partial charge in [0.05, 0.1) is 26.4 Å². The van der Waals surface area contributed by atoms with Gasteiger partial charge in [0.1, 0.15) is 46.3 Å². The Morgan fingerprint density at radius 1 is 0.417 bits per heavy atom. The van der Waals surface area contributed by atoms with Crippen molar-refractivity contribution >= 4 is 46.3 Å². The minimum absolute atomic E-state index is 0.0910. The average molecular weight is 1420 g/mol. The summed E-state index contributed by atoms with van der Waals surface area (Å²) in [6.45, 7) is 11.2. The van der Waals surface area contributed by atoms with Crippen molar-refractivity contribution in [2.24, 2.45) is 47.3 Å². The molecule has 6 saturated carbocycles. The number of carbonyl (C=O) groups excluding carboxylic acids is 8. The molecule has 3 N–H and O–H groups in total. The molecule has 5 aromatic rings. The van der Waals surface area contributed by atoms with Gasteiger partial charge < -0.3 is 29.6 Å². The molecular weight excluding hydrogens is 1290 g/mol. The molecule has 103 heavy (non-hydrogen) atoms. The minimum Gasteiger partial charge on any atom is -0.396 e. The Balaban J connectivity index is 0.000000252. The Morgan fingerprint density at radius 3 is 1.15 bits per heavy atom. The molecule has 0 aromatic heterocycles. The summed E-state index contributed by atoms with van der Waals surface area (Å²) in [5.41, 5.74) is 6.39. The maximum atomic E-state index is 11.5. The van der Waals surface area contributed by atoms with Gasteiger partial charge in [-0.05, 0) is 172 Å². The highest BCUT2D eigenvalue weighted by Crippen LogP contribution is 2.29. The SMILES string of the molecule is CC(CO)CC(=O)CCc1ccccc1.CCCC(CC)CC(C)=O.O=C1CCC(CCO)C1.O=C1CCC(CCc2ccccc2)C1.O=C1CCC(CO)C1.O=C1CCC(COCc2ccccc2)C1.O=C1CCCC(COCc2ccccc2)C1.O=C1CCCCC(CCc2ccccc2)C1. The monoisotopic (exact) mass is 1420 g/mol. The molecule has 0 bridgehead atoms. The molecule has 0 amide bonds. The minimum atomic E-state index is 0.0910. The summed E-state index contributed by atoms with van der Waals surface area (Å²) in [7, 11) is 0. The second kappa shape index (κ2) is 55.7. The van der Waals surface area contributed by atoms with Crippen molar-refractivity contribution in [1.82, 2.24) is 0 Å². The van der Waals surface area contributed by atoms with E-state index in [1.807, 2.05) is 79.7 Å². The van der Waals surface area contributed by atoms with Crippen LogP contribution < -0.4 is 0 Å². The summed E-state index contributed by atoms with van der Waals surface area (Å²) in [6.07, 6.45) is 30.4. The van der Waals surface area contributed by atoms with Crippen molar-refractivity contribution in [1.29, 1.82) is 0 Å². The molecule has 13 nitrogen and oxygen atoms in total. The maximum Gasteiger partial charge on any atom is 0.133 e. The highest BCUT2D eigenvalue weighted by Gasteiger charge is 2.25. The van der Waals surface area contributed by atoms with Crippen LogP contribution >= 0.6 is 0 Å². The van der Waals surface area contributed by atoms with Crippen molar-refractivity contribution in [3.05, 3.63) is 179 Å². The summed E-state index contributed by atoms with van der Waals surface area (Å²) < 4.78 is 11.3. The van der Waals surface area contributed by atoms with Crippen molar-refractivity contribution in [2.45, 2.75) is 253 Å². The predicted octanol–water partition coefficient (Wildman–Crippen LogP) is 18.4. The van der Waals surface area contributed by atoms with Crippen LogP contribution in [0.15, 0.2) is 152 Å². The third kappa shape index (κ3) is 44.0. The van der Waals surface area contributed by atoms with Crippen LogP contribution in [0.25, 0.3) is 0 Å². The van der Waals surface area contributed by atoms with Crippen molar-refractivity contribution in [2.75, 3.05) is 33.0 Å². The van der Waals surface area contributed by atoms with Gasteiger partial charge in [-0.1, -0.05) is 198 Å². The Morgan fingerprint density at radius 2 is 0.777 bits per heavy atom. The lowest BCUT2D eigenvalue weighted by molar-refractivity contribution is -0.122. The zero-order valence-corrected chi connectivity index (χ0v) is 63.3. The molecule has 13 heteroatoms. The van der Waals surface area contributed by atoms with Crippen molar-refractivity contribution in [3.63, 3.8) is 0 Å². The summed E-state index contributed by atoms with van der Waals surface area (Å²) in [5.74, 6) is 6.68. The second-order valence-electron chi connectivity index (χ2n) is 29.7. The molecule has 8 atom stereocenters. The number of aryl methyl sites for hydroxylation is 3. The van der Waals surface area contributed by atoms with E-state index in [9.17, 15) is 38.4 Å². The first kappa shape index (κ1) is 88.7. The first-order valence-corrected chi connectivity index (χ1v) is 39.2. The molecule has 566 valence electrons. The van der Waals surface area contributed by atoms with Gasteiger partial charge in [-0.2, -0.15) is 0 Å². The molecule has 6 aliphatic rings. The third-order valence-electron chi connectivity index (χ3n) is 20.2. The number of Topliss-reactive ketones (excluding diaryl/α,β-unsaturated/α-hetero) is 8. The Kier molecular flexibility index (Phi) is 48.0. The van der Waals surface area contributed by atoms with Crippen molar-refractivity contribution in [3.8, 4) is 0 Å². The second-order valence-corrected chi connectivity index (χ2v) is 29.7. The van der Waals surface area contributed by atoms with E-state index in [4.69, 9.17) is 24.8 Å². The van der Waals surface area contributed by atoms with E-state index in [0.717, 1.165) is 154 Å². The summed E-state index contributed by atoms with van der Waals surface area (Å²) in [6, 6.07) is 51.4. The summed E-state index contributed by atoms with van der Waals surface area (Å²) in [5, 5.41) is 25.8. The Labute approximate surface area is 618 Å². The lowest BCUT2D eigenvalue weighted by atomic mass is 9.89. The highest BCUT2D eigenvalue weighted by molar-refractivity contribution is 5.82. The van der Waals surface area contributed by atoms with Gasteiger partial charge in [-0.3, -0.25) is 33.6 Å². The molecular formula is C90H128O13. The van der Waals surface area contributed by atoms with Crippen LogP contribution in [0.4, 0.5) is 0 Å². The van der Waals surface area contributed by atoms with Gasteiger partial charge in [-0.15, -0.1) is 0 Å². The zero-order chi connectivity index (χ0) is 74.5. The number of ether oxygens (including phenoxy) is 2. The van der Waals surface area contributed by atoms with Crippen LogP contribution in [-0.2, 0) is 80.3 Å². The predicted molar refractivity (Wildman–Crippen MR) is 413 cm³/mol. The normalized spacial score (nSPS) is 20.3. The summed E-state index contributed by atoms with van der Waals surface area (Å²) >= 11 is 0. The number of aliphatic hydroxyl groups excluding tert-OH is 3. The average Bonchev–Trinajstić information content (AvgIpc) is 1.95. The fraction of sp³-hybridized carbons (Fsp3) is 0.578. The fourth-order valence-corrected chi connectivity index (χ4v) is 13.9. The molecule has 0 heterocycles. The van der Waals surface area contributed by atoms with Crippen LogP contribution in [0.3, 0.4) is 0 Å². The van der Waals surface area contributed by atoms with E-state index >= 15 is 0 Å². The van der Waals surface area contributed by atoms with E-state index in [1.165, 1.54) is 66.3 Å². The molecule has 6 aliphatic carbocycles. The van der Waals surface area contributed by atoms with Crippen LogP contribution in [0.1, 0.15) is 248 Å². The molecule has 0 spiro atoms. The van der Waals surface area contributed by atoms with Gasteiger partial charge in [0.25, 0.3) is 0 Å². The number of benzene rings is 5. The number of hydrogen-bond donors (Lipinski definition) is 3. The Bertz CT molecular complexity index is 3080. The highest BCUT2D eigenvalue weighted by atomic mass is 16.5. The van der Waals surface area contributed by atoms with E-state index in [-0.39, 0.29) is 37.4 Å². The zero-order valence-electron chi connectivity index (χ0n) is 63.3. The van der Waals surface area contributed by atoms with Gasteiger partial charge in [-0.25, -0.2) is 0 Å². The lowest BCUT2D eigenvalue weighted by Gasteiger charge is -2.20. The molecule has 11 rings (SSSR count). The molecule has 0 saturated heterocycles. The van der Waals surface area contributed by atoms with Gasteiger partial charge in [0.15, 0.2) is 0 Å². The maximum absolute atomic E-state index is 11.5. The summed E-state index contributed by atoms with van der Waals surface area (Å²) in [4.78, 5) is 88.2. The number of hydrogen-bond acceptors (Lipinski definition) is 13. The first-order chi connectivity index (χ1) is 49.9. The molecule has 0 aliphatic heterocycles. The number of rotatable bonds is 28. The lowest BCUT2D eigenvalue weighted by Crippen LogP contribution is -2.19. The number of ketones is 8. The van der Waals surface area contributed by atoms with Gasteiger partial charge in [0.2, 0.25) is 0 Å². The molecule has 5 aromatic carbocycles. The van der Waals surface area contributed by atoms with E-state index in [2.05, 4.69) is 92.7 Å². The van der Waals surface area contributed by atoms with E-state index in [1.54, 1.807) is 6.92 Å². The van der Waals surface area contributed by atoms with E-state index < -0.39 is 0 Å². The Hall–Kier alpha value is -6.74. The number of carbonyl (C=O) groups is 8. The topological polar surface area (TPSA) is 216 Å². The van der Waals surface area contributed by atoms with Crippen molar-refractivity contribution < 1.29 is 63.1 Å². The molecule has 6 fully saturated rings. The first-order valence-electron chi connectivity index (χ1n) is 39.2. The fourth-order valence-electron chi connectivity index (χ4n) is 13.9. The number of aliphatic hydroxyl groups is 3. The third-order valence-corrected chi connectivity index (χ3v) is 20.2. The van der Waals surface area contributed by atoms with Gasteiger partial charge >= 0.3 is 0 Å². The van der Waals surface area contributed by atoms with Crippen LogP contribution in [0.5, 0.6) is 0 Å². The largest absolute Gasteiger partial charge is 0.396 e.